The average molecular weight is 395 g/mol. The molecule has 5 nitrogen and oxygen atoms in total. The molecule has 0 aliphatic carbocycles. The largest absolute Gasteiger partial charge is 0.458 e. The van der Waals surface area contributed by atoms with Crippen molar-refractivity contribution in [2.45, 2.75) is 65.5 Å². The highest BCUT2D eigenvalue weighted by Gasteiger charge is 2.30. The Hall–Kier alpha value is -1.45. The summed E-state index contributed by atoms with van der Waals surface area (Å²) in [6.07, 6.45) is 2.89. The van der Waals surface area contributed by atoms with E-state index in [0.717, 1.165) is 12.8 Å². The minimum Gasteiger partial charge on any atom is -0.458 e. The van der Waals surface area contributed by atoms with Crippen LogP contribution < -0.4 is 5.32 Å². The molecular formula is C21H34NO4P. The highest BCUT2D eigenvalue weighted by Crippen LogP contribution is 2.31. The van der Waals surface area contributed by atoms with Gasteiger partial charge in [-0.2, -0.15) is 0 Å². The molecule has 0 fully saturated rings. The van der Waals surface area contributed by atoms with E-state index < -0.39 is 25.8 Å². The summed E-state index contributed by atoms with van der Waals surface area (Å²) >= 11 is 0. The predicted octanol–water partition coefficient (Wildman–Crippen LogP) is 3.88. The molecule has 0 saturated carbocycles. The van der Waals surface area contributed by atoms with Crippen molar-refractivity contribution >= 4 is 20.0 Å². The lowest BCUT2D eigenvalue weighted by Crippen LogP contribution is -2.47. The molecule has 152 valence electrons. The fraction of sp³-hybridized carbons (Fsp3) is 0.619. The first-order chi connectivity index (χ1) is 12.6. The van der Waals surface area contributed by atoms with Gasteiger partial charge >= 0.3 is 5.97 Å². The summed E-state index contributed by atoms with van der Waals surface area (Å²) in [4.78, 5) is 34.9. The number of hydrogen-bond donors (Lipinski definition) is 2. The van der Waals surface area contributed by atoms with E-state index >= 15 is 0 Å². The van der Waals surface area contributed by atoms with Crippen LogP contribution in [0.2, 0.25) is 0 Å². The van der Waals surface area contributed by atoms with Gasteiger partial charge in [-0.3, -0.25) is 4.79 Å². The van der Waals surface area contributed by atoms with E-state index in [0.29, 0.717) is 12.3 Å². The molecule has 6 heteroatoms. The standard InChI is InChI=1S/C21H34NO4P/c1-6-16(2)19(20(24)26-21(3,4)5)22-18(23)13-15-27(25)14-12-17-10-8-7-9-11-17/h7-11,16,19,25H,6,12-15H2,1-5H3,(H,22,23). The van der Waals surface area contributed by atoms with Crippen LogP contribution in [0.3, 0.4) is 0 Å². The SMILES string of the molecule is CCC(C)C(NC(=O)CCP(O)CCc1ccccc1)C(=O)OC(C)(C)C. The number of carbonyl (C=O) groups is 2. The van der Waals surface area contributed by atoms with Crippen LogP contribution in [0, 0.1) is 5.92 Å². The van der Waals surface area contributed by atoms with Crippen LogP contribution in [0.5, 0.6) is 0 Å². The third-order valence-electron chi connectivity index (χ3n) is 4.29. The molecule has 1 aromatic carbocycles. The van der Waals surface area contributed by atoms with Crippen LogP contribution >= 0.6 is 8.15 Å². The van der Waals surface area contributed by atoms with Crippen molar-refractivity contribution < 1.29 is 19.2 Å². The van der Waals surface area contributed by atoms with Gasteiger partial charge < -0.3 is 14.9 Å². The topological polar surface area (TPSA) is 75.6 Å². The Bertz CT molecular complexity index is 586. The number of hydrogen-bond acceptors (Lipinski definition) is 4. The average Bonchev–Trinajstić information content (AvgIpc) is 2.61. The normalized spacial score (nSPS) is 14.9. The summed E-state index contributed by atoms with van der Waals surface area (Å²) in [5, 5.41) is 2.80. The van der Waals surface area contributed by atoms with Crippen molar-refractivity contribution in [2.75, 3.05) is 12.3 Å². The van der Waals surface area contributed by atoms with Gasteiger partial charge in [-0.1, -0.05) is 50.6 Å². The molecule has 0 aromatic heterocycles. The van der Waals surface area contributed by atoms with Gasteiger partial charge in [-0.05, 0) is 44.8 Å². The fourth-order valence-electron chi connectivity index (χ4n) is 2.53. The summed E-state index contributed by atoms with van der Waals surface area (Å²) in [6.45, 7) is 9.34. The Balaban J connectivity index is 2.47. The number of ether oxygens (including phenoxy) is 1. The second-order valence-corrected chi connectivity index (χ2v) is 9.81. The summed E-state index contributed by atoms with van der Waals surface area (Å²) in [5.41, 5.74) is 0.593. The summed E-state index contributed by atoms with van der Waals surface area (Å²) < 4.78 is 5.44. The van der Waals surface area contributed by atoms with Crippen molar-refractivity contribution in [2.24, 2.45) is 5.92 Å². The predicted molar refractivity (Wildman–Crippen MR) is 111 cm³/mol. The molecule has 3 atom stereocenters. The molecule has 0 radical (unpaired) electrons. The zero-order valence-corrected chi connectivity index (χ0v) is 18.1. The Labute approximate surface area is 164 Å². The van der Waals surface area contributed by atoms with Crippen molar-refractivity contribution in [3.63, 3.8) is 0 Å². The third kappa shape index (κ3) is 9.88. The molecule has 2 N–H and O–H groups in total. The third-order valence-corrected chi connectivity index (χ3v) is 5.77. The number of nitrogens with one attached hydrogen (secondary N) is 1. The monoisotopic (exact) mass is 395 g/mol. The zero-order chi connectivity index (χ0) is 20.4. The summed E-state index contributed by atoms with van der Waals surface area (Å²) in [6, 6.07) is 9.34. The number of benzene rings is 1. The second-order valence-electron chi connectivity index (χ2n) is 7.90. The Morgan fingerprint density at radius 1 is 1.19 bits per heavy atom. The molecule has 1 rings (SSSR count). The van der Waals surface area contributed by atoms with Crippen LogP contribution in [0.4, 0.5) is 0 Å². The molecule has 0 heterocycles. The van der Waals surface area contributed by atoms with Crippen LogP contribution in [0.25, 0.3) is 0 Å². The van der Waals surface area contributed by atoms with Crippen molar-refractivity contribution in [3.8, 4) is 0 Å². The van der Waals surface area contributed by atoms with Crippen LogP contribution in [-0.4, -0.2) is 40.7 Å². The molecule has 27 heavy (non-hydrogen) atoms. The van der Waals surface area contributed by atoms with Gasteiger partial charge in [-0.15, -0.1) is 0 Å². The Morgan fingerprint density at radius 3 is 2.37 bits per heavy atom. The number of esters is 1. The quantitative estimate of drug-likeness (QED) is 0.466. The molecule has 3 unspecified atom stereocenters. The smallest absolute Gasteiger partial charge is 0.329 e. The van der Waals surface area contributed by atoms with E-state index in [1.807, 2.05) is 65.0 Å². The Morgan fingerprint density at radius 2 is 1.81 bits per heavy atom. The highest BCUT2D eigenvalue weighted by molar-refractivity contribution is 7.51. The summed E-state index contributed by atoms with van der Waals surface area (Å²) in [5.74, 6) is -0.634. The highest BCUT2D eigenvalue weighted by atomic mass is 31.1. The number of carbonyl (C=O) groups excluding carboxylic acids is 2. The molecule has 0 aliphatic rings. The van der Waals surface area contributed by atoms with Crippen LogP contribution in [0.1, 0.15) is 53.0 Å². The van der Waals surface area contributed by atoms with Gasteiger partial charge in [0.1, 0.15) is 11.6 Å². The van der Waals surface area contributed by atoms with Gasteiger partial charge in [0.15, 0.2) is 0 Å². The van der Waals surface area contributed by atoms with Crippen LogP contribution in [0.15, 0.2) is 30.3 Å². The molecule has 1 amide bonds. The molecule has 0 bridgehead atoms. The maximum absolute atomic E-state index is 12.4. The second kappa shape index (κ2) is 11.4. The van der Waals surface area contributed by atoms with Crippen molar-refractivity contribution in [1.29, 1.82) is 0 Å². The van der Waals surface area contributed by atoms with Gasteiger partial charge in [-0.25, -0.2) is 4.79 Å². The van der Waals surface area contributed by atoms with E-state index in [9.17, 15) is 14.5 Å². The van der Waals surface area contributed by atoms with Gasteiger partial charge in [0.05, 0.1) is 0 Å². The number of amides is 1. The Kier molecular flexibility index (Phi) is 9.97. The van der Waals surface area contributed by atoms with Crippen molar-refractivity contribution in [3.05, 3.63) is 35.9 Å². The van der Waals surface area contributed by atoms with Gasteiger partial charge in [0.25, 0.3) is 0 Å². The van der Waals surface area contributed by atoms with E-state index in [1.54, 1.807) is 0 Å². The van der Waals surface area contributed by atoms with E-state index in [2.05, 4.69) is 5.32 Å². The maximum Gasteiger partial charge on any atom is 0.329 e. The number of aryl methyl sites for hydroxylation is 1. The van der Waals surface area contributed by atoms with Gasteiger partial charge in [0.2, 0.25) is 5.91 Å². The summed E-state index contributed by atoms with van der Waals surface area (Å²) in [7, 11) is -1.20. The number of rotatable bonds is 10. The first kappa shape index (κ1) is 23.6. The fourth-order valence-corrected chi connectivity index (χ4v) is 3.73. The minimum absolute atomic E-state index is 0.0162. The molecule has 0 aliphatic heterocycles. The zero-order valence-electron chi connectivity index (χ0n) is 17.2. The van der Waals surface area contributed by atoms with Gasteiger partial charge in [0, 0.05) is 20.7 Å². The van der Waals surface area contributed by atoms with Crippen molar-refractivity contribution in [1.82, 2.24) is 5.32 Å². The lowest BCUT2D eigenvalue weighted by Gasteiger charge is -2.27. The first-order valence-electron chi connectivity index (χ1n) is 9.62. The minimum atomic E-state index is -1.20. The molecule has 1 aromatic rings. The van der Waals surface area contributed by atoms with E-state index in [4.69, 9.17) is 4.74 Å². The van der Waals surface area contributed by atoms with E-state index in [-0.39, 0.29) is 18.2 Å². The lowest BCUT2D eigenvalue weighted by molar-refractivity contribution is -0.160. The molecule has 0 saturated heterocycles. The maximum atomic E-state index is 12.4. The lowest BCUT2D eigenvalue weighted by atomic mass is 9.98. The van der Waals surface area contributed by atoms with Crippen LogP contribution in [-0.2, 0) is 20.7 Å². The first-order valence-corrected chi connectivity index (χ1v) is 11.3. The molecular weight excluding hydrogens is 361 g/mol. The molecule has 0 spiro atoms. The van der Waals surface area contributed by atoms with E-state index in [1.165, 1.54) is 5.56 Å².